The number of aliphatic hydroxyl groups is 1. The van der Waals surface area contributed by atoms with Gasteiger partial charge in [0.1, 0.15) is 0 Å². The highest BCUT2D eigenvalue weighted by Gasteiger charge is 2.35. The maximum Gasteiger partial charge on any atom is 0.244 e. The third kappa shape index (κ3) is 3.71. The van der Waals surface area contributed by atoms with Crippen LogP contribution in [-0.4, -0.2) is 42.1 Å². The lowest BCUT2D eigenvalue weighted by Crippen LogP contribution is -2.41. The number of carbonyl (C=O) groups excluding carboxylic acids is 1. The minimum Gasteiger partial charge on any atom is -0.387 e. The number of nitrogens with zero attached hydrogens (tertiary/aromatic N) is 3. The van der Waals surface area contributed by atoms with Crippen LogP contribution < -0.4 is 4.90 Å². The zero-order valence-corrected chi connectivity index (χ0v) is 14.2. The number of para-hydroxylation sites is 1. The Morgan fingerprint density at radius 2 is 1.92 bits per heavy atom. The summed E-state index contributed by atoms with van der Waals surface area (Å²) >= 11 is 0. The highest BCUT2D eigenvalue weighted by molar-refractivity contribution is 5.99. The van der Waals surface area contributed by atoms with Gasteiger partial charge in [0.2, 0.25) is 5.91 Å². The number of aliphatic hydroxyl groups excluding tert-OH is 1. The van der Waals surface area contributed by atoms with Gasteiger partial charge in [0.25, 0.3) is 0 Å². The molecule has 1 amide bonds. The first kappa shape index (κ1) is 17.2. The van der Waals surface area contributed by atoms with Crippen molar-refractivity contribution in [2.45, 2.75) is 18.6 Å². The summed E-state index contributed by atoms with van der Waals surface area (Å²) < 4.78 is 0. The molecule has 1 heterocycles. The van der Waals surface area contributed by atoms with Gasteiger partial charge in [-0.15, -0.1) is 0 Å². The molecule has 1 N–H and O–H groups in total. The average Bonchev–Trinajstić information content (AvgIpc) is 3.04. The molecule has 0 bridgehead atoms. The van der Waals surface area contributed by atoms with E-state index in [1.54, 1.807) is 29.2 Å². The molecule has 0 radical (unpaired) electrons. The van der Waals surface area contributed by atoms with Crippen molar-refractivity contribution in [2.75, 3.05) is 25.0 Å². The zero-order valence-electron chi connectivity index (χ0n) is 14.2. The summed E-state index contributed by atoms with van der Waals surface area (Å²) in [7, 11) is 1.87. The summed E-state index contributed by atoms with van der Waals surface area (Å²) in [6.45, 7) is 1.05. The Balaban J connectivity index is 1.64. The highest BCUT2D eigenvalue weighted by atomic mass is 16.3. The molecule has 0 aromatic heterocycles. The molecular weight excluding hydrogens is 314 g/mol. The van der Waals surface area contributed by atoms with Gasteiger partial charge in [0, 0.05) is 18.8 Å². The number of benzene rings is 2. The van der Waals surface area contributed by atoms with Crippen molar-refractivity contribution in [3.63, 3.8) is 0 Å². The Kier molecular flexibility index (Phi) is 5.13. The molecule has 0 spiro atoms. The van der Waals surface area contributed by atoms with E-state index >= 15 is 0 Å². The van der Waals surface area contributed by atoms with E-state index in [9.17, 15) is 9.90 Å². The van der Waals surface area contributed by atoms with Crippen LogP contribution in [0.3, 0.4) is 0 Å². The fraction of sp³-hybridized carbons (Fsp3) is 0.300. The summed E-state index contributed by atoms with van der Waals surface area (Å²) in [4.78, 5) is 16.4. The van der Waals surface area contributed by atoms with E-state index < -0.39 is 6.10 Å². The Labute approximate surface area is 147 Å². The van der Waals surface area contributed by atoms with Gasteiger partial charge in [-0.3, -0.25) is 9.69 Å². The van der Waals surface area contributed by atoms with Gasteiger partial charge in [-0.25, -0.2) is 0 Å². The normalized spacial score (nSPS) is 18.4. The SMILES string of the molecule is CN(C[C@H](O)c1ccc(C#N)cc1)[C@H]1CCN(c2ccccc2)C1=O. The molecule has 5 heteroatoms. The average molecular weight is 335 g/mol. The van der Waals surface area contributed by atoms with Crippen LogP contribution in [0.1, 0.15) is 23.7 Å². The lowest BCUT2D eigenvalue weighted by Gasteiger charge is -2.26. The van der Waals surface area contributed by atoms with Crippen molar-refractivity contribution in [1.29, 1.82) is 5.26 Å². The quantitative estimate of drug-likeness (QED) is 0.911. The summed E-state index contributed by atoms with van der Waals surface area (Å²) in [6, 6.07) is 18.4. The monoisotopic (exact) mass is 335 g/mol. The molecule has 5 nitrogen and oxygen atoms in total. The second-order valence-electron chi connectivity index (χ2n) is 6.32. The minimum atomic E-state index is -0.698. The molecule has 25 heavy (non-hydrogen) atoms. The van der Waals surface area contributed by atoms with Crippen molar-refractivity contribution in [2.24, 2.45) is 0 Å². The van der Waals surface area contributed by atoms with E-state index in [0.29, 0.717) is 18.7 Å². The first-order valence-corrected chi connectivity index (χ1v) is 8.35. The third-order valence-electron chi connectivity index (χ3n) is 4.66. The van der Waals surface area contributed by atoms with E-state index in [1.807, 2.05) is 42.3 Å². The van der Waals surface area contributed by atoms with Crippen LogP contribution in [-0.2, 0) is 4.79 Å². The highest BCUT2D eigenvalue weighted by Crippen LogP contribution is 2.25. The predicted molar refractivity (Wildman–Crippen MR) is 95.9 cm³/mol. The van der Waals surface area contributed by atoms with E-state index in [-0.39, 0.29) is 11.9 Å². The molecule has 1 aliphatic heterocycles. The fourth-order valence-electron chi connectivity index (χ4n) is 3.22. The molecule has 0 aliphatic carbocycles. The number of likely N-dealkylation sites (N-methyl/N-ethyl adjacent to an activating group) is 1. The van der Waals surface area contributed by atoms with Crippen LogP contribution in [0, 0.1) is 11.3 Å². The first-order valence-electron chi connectivity index (χ1n) is 8.35. The third-order valence-corrected chi connectivity index (χ3v) is 4.66. The molecule has 2 aromatic carbocycles. The Hall–Kier alpha value is -2.68. The van der Waals surface area contributed by atoms with Crippen LogP contribution in [0.25, 0.3) is 0 Å². The number of nitriles is 1. The molecule has 0 saturated carbocycles. The minimum absolute atomic E-state index is 0.0701. The van der Waals surface area contributed by atoms with Gasteiger partial charge in [0.05, 0.1) is 23.8 Å². The molecule has 2 aromatic rings. The summed E-state index contributed by atoms with van der Waals surface area (Å²) in [5.41, 5.74) is 2.22. The van der Waals surface area contributed by atoms with Crippen LogP contribution in [0.4, 0.5) is 5.69 Å². The molecule has 2 atom stereocenters. The maximum absolute atomic E-state index is 12.7. The predicted octanol–water partition coefficient (Wildman–Crippen LogP) is 2.33. The zero-order chi connectivity index (χ0) is 17.8. The van der Waals surface area contributed by atoms with Crippen molar-refractivity contribution < 1.29 is 9.90 Å². The standard InChI is InChI=1S/C20H21N3O2/c1-22(14-19(24)16-9-7-15(13-21)8-10-16)18-11-12-23(20(18)25)17-5-3-2-4-6-17/h2-10,18-19,24H,11-12,14H2,1H3/t18-,19-/m0/s1. The van der Waals surface area contributed by atoms with Gasteiger partial charge in [0.15, 0.2) is 0 Å². The number of anilines is 1. The van der Waals surface area contributed by atoms with Gasteiger partial charge < -0.3 is 10.0 Å². The summed E-state index contributed by atoms with van der Waals surface area (Å²) in [5, 5.41) is 19.3. The van der Waals surface area contributed by atoms with Crippen molar-refractivity contribution >= 4 is 11.6 Å². The van der Waals surface area contributed by atoms with Gasteiger partial charge in [-0.2, -0.15) is 5.26 Å². The largest absolute Gasteiger partial charge is 0.387 e. The molecule has 1 fully saturated rings. The van der Waals surface area contributed by atoms with Crippen molar-refractivity contribution in [1.82, 2.24) is 4.90 Å². The van der Waals surface area contributed by atoms with Gasteiger partial charge >= 0.3 is 0 Å². The molecule has 1 aliphatic rings. The van der Waals surface area contributed by atoms with Crippen molar-refractivity contribution in [3.05, 3.63) is 65.7 Å². The van der Waals surface area contributed by atoms with Crippen LogP contribution in [0.2, 0.25) is 0 Å². The molecular formula is C20H21N3O2. The maximum atomic E-state index is 12.7. The number of hydrogen-bond acceptors (Lipinski definition) is 4. The summed E-state index contributed by atoms with van der Waals surface area (Å²) in [5.74, 6) is 0.0701. The molecule has 1 saturated heterocycles. The van der Waals surface area contributed by atoms with Gasteiger partial charge in [-0.1, -0.05) is 30.3 Å². The second kappa shape index (κ2) is 7.47. The topological polar surface area (TPSA) is 67.6 Å². The molecule has 128 valence electrons. The van der Waals surface area contributed by atoms with E-state index in [2.05, 4.69) is 6.07 Å². The van der Waals surface area contributed by atoms with E-state index in [1.165, 1.54) is 0 Å². The number of carbonyl (C=O) groups is 1. The Bertz CT molecular complexity index is 768. The Morgan fingerprint density at radius 3 is 2.56 bits per heavy atom. The Morgan fingerprint density at radius 1 is 1.24 bits per heavy atom. The number of rotatable bonds is 5. The molecule has 3 rings (SSSR count). The number of amides is 1. The fourth-order valence-corrected chi connectivity index (χ4v) is 3.22. The lowest BCUT2D eigenvalue weighted by atomic mass is 10.1. The second-order valence-corrected chi connectivity index (χ2v) is 6.32. The smallest absolute Gasteiger partial charge is 0.244 e. The van der Waals surface area contributed by atoms with E-state index in [4.69, 9.17) is 5.26 Å². The number of hydrogen-bond donors (Lipinski definition) is 1. The first-order chi connectivity index (χ1) is 12.1. The lowest BCUT2D eigenvalue weighted by molar-refractivity contribution is -0.121. The summed E-state index contributed by atoms with van der Waals surface area (Å²) in [6.07, 6.45) is 0.0425. The molecule has 0 unspecified atom stereocenters. The van der Waals surface area contributed by atoms with Crippen LogP contribution >= 0.6 is 0 Å². The van der Waals surface area contributed by atoms with Crippen LogP contribution in [0.5, 0.6) is 0 Å². The van der Waals surface area contributed by atoms with Crippen LogP contribution in [0.15, 0.2) is 54.6 Å². The van der Waals surface area contributed by atoms with Crippen molar-refractivity contribution in [3.8, 4) is 6.07 Å². The van der Waals surface area contributed by atoms with E-state index in [0.717, 1.165) is 17.7 Å². The van der Waals surface area contributed by atoms with Gasteiger partial charge in [-0.05, 0) is 43.3 Å².